The number of aromatic nitrogens is 2. The molecule has 76 valence electrons. The monoisotopic (exact) mass is 193 g/mol. The standard InChI is InChI=1S/C10H15N3O/c14-10(8-3-1-2-4-8)12-6-9-5-11-7-13-9/h5,7-8H,1-4,6H2,(H,11,13)(H,12,14). The molecular weight excluding hydrogens is 178 g/mol. The number of imidazole rings is 1. The molecule has 1 amide bonds. The smallest absolute Gasteiger partial charge is 0.223 e. The summed E-state index contributed by atoms with van der Waals surface area (Å²) in [6.07, 6.45) is 7.85. The van der Waals surface area contributed by atoms with Gasteiger partial charge >= 0.3 is 0 Å². The highest BCUT2D eigenvalue weighted by Gasteiger charge is 2.21. The number of nitrogens with one attached hydrogen (secondary N) is 2. The molecular formula is C10H15N3O. The summed E-state index contributed by atoms with van der Waals surface area (Å²) in [5.41, 5.74) is 0.955. The molecule has 1 aromatic heterocycles. The maximum absolute atomic E-state index is 11.6. The molecule has 0 bridgehead atoms. The van der Waals surface area contributed by atoms with Crippen LogP contribution in [0, 0.1) is 5.92 Å². The van der Waals surface area contributed by atoms with Gasteiger partial charge in [0.15, 0.2) is 0 Å². The van der Waals surface area contributed by atoms with Crippen molar-refractivity contribution in [3.63, 3.8) is 0 Å². The lowest BCUT2D eigenvalue weighted by molar-refractivity contribution is -0.124. The van der Waals surface area contributed by atoms with Crippen molar-refractivity contribution in [2.45, 2.75) is 32.2 Å². The minimum Gasteiger partial charge on any atom is -0.350 e. The van der Waals surface area contributed by atoms with Gasteiger partial charge in [0.1, 0.15) is 0 Å². The molecule has 14 heavy (non-hydrogen) atoms. The van der Waals surface area contributed by atoms with E-state index in [1.807, 2.05) is 0 Å². The molecule has 1 fully saturated rings. The normalized spacial score (nSPS) is 17.1. The van der Waals surface area contributed by atoms with E-state index in [1.165, 1.54) is 12.8 Å². The molecule has 2 N–H and O–H groups in total. The van der Waals surface area contributed by atoms with Crippen LogP contribution in [-0.2, 0) is 11.3 Å². The zero-order valence-corrected chi connectivity index (χ0v) is 8.12. The molecule has 0 saturated heterocycles. The van der Waals surface area contributed by atoms with Gasteiger partial charge in [0.05, 0.1) is 18.6 Å². The first-order chi connectivity index (χ1) is 6.86. The number of aromatic amines is 1. The quantitative estimate of drug-likeness (QED) is 0.758. The van der Waals surface area contributed by atoms with Crippen molar-refractivity contribution in [1.82, 2.24) is 15.3 Å². The Kier molecular flexibility index (Phi) is 2.81. The van der Waals surface area contributed by atoms with Gasteiger partial charge in [-0.15, -0.1) is 0 Å². The molecule has 1 aliphatic carbocycles. The molecule has 1 heterocycles. The second-order valence-corrected chi connectivity index (χ2v) is 3.78. The van der Waals surface area contributed by atoms with E-state index in [9.17, 15) is 4.79 Å². The van der Waals surface area contributed by atoms with E-state index >= 15 is 0 Å². The fourth-order valence-electron chi connectivity index (χ4n) is 1.90. The van der Waals surface area contributed by atoms with Gasteiger partial charge in [-0.05, 0) is 12.8 Å². The molecule has 0 spiro atoms. The van der Waals surface area contributed by atoms with Crippen molar-refractivity contribution in [2.75, 3.05) is 0 Å². The first kappa shape index (κ1) is 9.24. The Labute approximate surface area is 83.1 Å². The Morgan fingerprint density at radius 3 is 3.00 bits per heavy atom. The number of amides is 1. The molecule has 0 aromatic carbocycles. The zero-order chi connectivity index (χ0) is 9.80. The third-order valence-electron chi connectivity index (χ3n) is 2.73. The predicted octanol–water partition coefficient (Wildman–Crippen LogP) is 1.22. The first-order valence-corrected chi connectivity index (χ1v) is 5.11. The Morgan fingerprint density at radius 1 is 1.57 bits per heavy atom. The van der Waals surface area contributed by atoms with E-state index in [0.29, 0.717) is 6.54 Å². The van der Waals surface area contributed by atoms with Gasteiger partial charge in [-0.2, -0.15) is 0 Å². The van der Waals surface area contributed by atoms with Crippen LogP contribution in [0.25, 0.3) is 0 Å². The fourth-order valence-corrected chi connectivity index (χ4v) is 1.90. The summed E-state index contributed by atoms with van der Waals surface area (Å²) in [7, 11) is 0. The highest BCUT2D eigenvalue weighted by atomic mass is 16.1. The van der Waals surface area contributed by atoms with Crippen LogP contribution in [0.15, 0.2) is 12.5 Å². The lowest BCUT2D eigenvalue weighted by atomic mass is 10.1. The van der Waals surface area contributed by atoms with Crippen molar-refractivity contribution in [1.29, 1.82) is 0 Å². The average Bonchev–Trinajstić information content (AvgIpc) is 2.87. The van der Waals surface area contributed by atoms with Crippen LogP contribution in [0.4, 0.5) is 0 Å². The molecule has 4 heteroatoms. The minimum atomic E-state index is 0.192. The summed E-state index contributed by atoms with van der Waals surface area (Å²) >= 11 is 0. The van der Waals surface area contributed by atoms with E-state index in [-0.39, 0.29) is 11.8 Å². The number of H-pyrrole nitrogens is 1. The maximum Gasteiger partial charge on any atom is 0.223 e. The number of nitrogens with zero attached hydrogens (tertiary/aromatic N) is 1. The number of hydrogen-bond donors (Lipinski definition) is 2. The Hall–Kier alpha value is -1.32. The number of hydrogen-bond acceptors (Lipinski definition) is 2. The largest absolute Gasteiger partial charge is 0.350 e. The van der Waals surface area contributed by atoms with E-state index < -0.39 is 0 Å². The zero-order valence-electron chi connectivity index (χ0n) is 8.12. The summed E-state index contributed by atoms with van der Waals surface area (Å²) in [6.45, 7) is 0.565. The van der Waals surface area contributed by atoms with Crippen LogP contribution >= 0.6 is 0 Å². The van der Waals surface area contributed by atoms with Crippen molar-refractivity contribution >= 4 is 5.91 Å². The van der Waals surface area contributed by atoms with Gasteiger partial charge < -0.3 is 10.3 Å². The minimum absolute atomic E-state index is 0.192. The molecule has 2 rings (SSSR count). The van der Waals surface area contributed by atoms with Gasteiger partial charge in [-0.3, -0.25) is 4.79 Å². The Bertz CT molecular complexity index is 288. The second-order valence-electron chi connectivity index (χ2n) is 3.78. The Morgan fingerprint density at radius 2 is 2.36 bits per heavy atom. The van der Waals surface area contributed by atoms with E-state index in [2.05, 4.69) is 15.3 Å². The van der Waals surface area contributed by atoms with Gasteiger partial charge in [0.2, 0.25) is 5.91 Å². The summed E-state index contributed by atoms with van der Waals surface area (Å²) < 4.78 is 0. The van der Waals surface area contributed by atoms with Crippen LogP contribution in [0.2, 0.25) is 0 Å². The van der Waals surface area contributed by atoms with Crippen LogP contribution in [0.5, 0.6) is 0 Å². The molecule has 1 aromatic rings. The highest BCUT2D eigenvalue weighted by Crippen LogP contribution is 2.24. The number of rotatable bonds is 3. The van der Waals surface area contributed by atoms with Crippen molar-refractivity contribution < 1.29 is 4.79 Å². The summed E-state index contributed by atoms with van der Waals surface area (Å²) in [6, 6.07) is 0. The van der Waals surface area contributed by atoms with Crippen LogP contribution < -0.4 is 5.32 Å². The molecule has 0 radical (unpaired) electrons. The Balaban J connectivity index is 1.77. The number of carbonyl (C=O) groups is 1. The van der Waals surface area contributed by atoms with Crippen LogP contribution in [0.3, 0.4) is 0 Å². The lowest BCUT2D eigenvalue weighted by Gasteiger charge is -2.08. The molecule has 4 nitrogen and oxygen atoms in total. The van der Waals surface area contributed by atoms with E-state index in [4.69, 9.17) is 0 Å². The molecule has 1 saturated carbocycles. The number of carbonyl (C=O) groups excluding carboxylic acids is 1. The van der Waals surface area contributed by atoms with Crippen molar-refractivity contribution in [2.24, 2.45) is 5.92 Å². The van der Waals surface area contributed by atoms with Crippen LogP contribution in [0.1, 0.15) is 31.4 Å². The van der Waals surface area contributed by atoms with E-state index in [0.717, 1.165) is 18.5 Å². The summed E-state index contributed by atoms with van der Waals surface area (Å²) in [5.74, 6) is 0.440. The summed E-state index contributed by atoms with van der Waals surface area (Å²) in [4.78, 5) is 18.4. The molecule has 0 atom stereocenters. The van der Waals surface area contributed by atoms with E-state index in [1.54, 1.807) is 12.5 Å². The van der Waals surface area contributed by atoms with Crippen molar-refractivity contribution in [3.8, 4) is 0 Å². The SMILES string of the molecule is O=C(NCc1cnc[nH]1)C1CCCC1. The third-order valence-corrected chi connectivity index (χ3v) is 2.73. The highest BCUT2D eigenvalue weighted by molar-refractivity contribution is 5.78. The maximum atomic E-state index is 11.6. The molecule has 0 unspecified atom stereocenters. The van der Waals surface area contributed by atoms with Gasteiger partial charge in [-0.1, -0.05) is 12.8 Å². The fraction of sp³-hybridized carbons (Fsp3) is 0.600. The second kappa shape index (κ2) is 4.26. The predicted molar refractivity (Wildman–Crippen MR) is 52.4 cm³/mol. The lowest BCUT2D eigenvalue weighted by Crippen LogP contribution is -2.28. The first-order valence-electron chi connectivity index (χ1n) is 5.11. The summed E-state index contributed by atoms with van der Waals surface area (Å²) in [5, 5.41) is 2.92. The van der Waals surface area contributed by atoms with Crippen LogP contribution in [-0.4, -0.2) is 15.9 Å². The van der Waals surface area contributed by atoms with Gasteiger partial charge in [-0.25, -0.2) is 4.98 Å². The van der Waals surface area contributed by atoms with Gasteiger partial charge in [0, 0.05) is 12.1 Å². The van der Waals surface area contributed by atoms with Gasteiger partial charge in [0.25, 0.3) is 0 Å². The molecule has 1 aliphatic rings. The third kappa shape index (κ3) is 2.13. The topological polar surface area (TPSA) is 57.8 Å². The van der Waals surface area contributed by atoms with Crippen molar-refractivity contribution in [3.05, 3.63) is 18.2 Å². The average molecular weight is 193 g/mol. The molecule has 0 aliphatic heterocycles.